The SMILES string of the molecule is CCCc1nc(-c2cn(C)nc2C(C)(C)C)c(N)n1CC. The molecule has 5 heteroatoms. The molecule has 0 spiro atoms. The van der Waals surface area contributed by atoms with Gasteiger partial charge in [0.15, 0.2) is 0 Å². The minimum atomic E-state index is -0.0378. The van der Waals surface area contributed by atoms with Crippen molar-refractivity contribution in [1.29, 1.82) is 0 Å². The highest BCUT2D eigenvalue weighted by Gasteiger charge is 2.26. The highest BCUT2D eigenvalue weighted by molar-refractivity contribution is 5.73. The molecule has 0 amide bonds. The molecule has 116 valence electrons. The van der Waals surface area contributed by atoms with E-state index < -0.39 is 0 Å². The maximum Gasteiger partial charge on any atom is 0.131 e. The summed E-state index contributed by atoms with van der Waals surface area (Å²) < 4.78 is 3.96. The molecule has 2 N–H and O–H groups in total. The van der Waals surface area contributed by atoms with Gasteiger partial charge in [0.05, 0.1) is 5.69 Å². The van der Waals surface area contributed by atoms with Crippen LogP contribution in [0.5, 0.6) is 0 Å². The second-order valence-electron chi connectivity index (χ2n) is 6.57. The molecule has 2 aromatic heterocycles. The lowest BCUT2D eigenvalue weighted by Crippen LogP contribution is -2.14. The number of nitrogens with zero attached hydrogens (tertiary/aromatic N) is 4. The number of aromatic nitrogens is 4. The molecule has 0 aliphatic rings. The van der Waals surface area contributed by atoms with Crippen LogP contribution in [-0.2, 0) is 25.4 Å². The number of imidazole rings is 1. The third-order valence-electron chi connectivity index (χ3n) is 3.67. The Balaban J connectivity index is 2.62. The number of hydrogen-bond donors (Lipinski definition) is 1. The average Bonchev–Trinajstić information content (AvgIpc) is 2.90. The Morgan fingerprint density at radius 1 is 1.24 bits per heavy atom. The monoisotopic (exact) mass is 289 g/mol. The molecule has 0 aromatic carbocycles. The summed E-state index contributed by atoms with van der Waals surface area (Å²) in [5, 5.41) is 4.62. The molecule has 0 saturated carbocycles. The first-order chi connectivity index (χ1) is 9.79. The number of aryl methyl sites for hydroxylation is 2. The molecule has 2 heterocycles. The Kier molecular flexibility index (Phi) is 4.12. The van der Waals surface area contributed by atoms with E-state index in [1.54, 1.807) is 0 Å². The van der Waals surface area contributed by atoms with E-state index in [0.29, 0.717) is 0 Å². The summed E-state index contributed by atoms with van der Waals surface area (Å²) >= 11 is 0. The van der Waals surface area contributed by atoms with Gasteiger partial charge in [-0.2, -0.15) is 5.10 Å². The van der Waals surface area contributed by atoms with Gasteiger partial charge in [0.1, 0.15) is 17.3 Å². The van der Waals surface area contributed by atoms with Gasteiger partial charge in [-0.15, -0.1) is 0 Å². The molecule has 0 aliphatic heterocycles. The fourth-order valence-electron chi connectivity index (χ4n) is 2.69. The summed E-state index contributed by atoms with van der Waals surface area (Å²) in [7, 11) is 1.94. The van der Waals surface area contributed by atoms with Crippen LogP contribution in [0.1, 0.15) is 52.6 Å². The van der Waals surface area contributed by atoms with Gasteiger partial charge in [0.2, 0.25) is 0 Å². The molecule has 21 heavy (non-hydrogen) atoms. The van der Waals surface area contributed by atoms with Crippen molar-refractivity contribution in [3.05, 3.63) is 17.7 Å². The first kappa shape index (κ1) is 15.6. The number of hydrogen-bond acceptors (Lipinski definition) is 3. The predicted octanol–water partition coefficient (Wildman–Crippen LogP) is 3.14. The zero-order valence-electron chi connectivity index (χ0n) is 14.1. The summed E-state index contributed by atoms with van der Waals surface area (Å²) in [6.45, 7) is 11.6. The zero-order chi connectivity index (χ0) is 15.8. The van der Waals surface area contributed by atoms with Crippen LogP contribution in [0.4, 0.5) is 5.82 Å². The second kappa shape index (κ2) is 5.54. The van der Waals surface area contributed by atoms with Crippen LogP contribution in [0, 0.1) is 0 Å². The summed E-state index contributed by atoms with van der Waals surface area (Å²) in [5.41, 5.74) is 9.29. The molecule has 0 aliphatic carbocycles. The number of anilines is 1. The maximum atomic E-state index is 6.36. The molecule has 5 nitrogen and oxygen atoms in total. The van der Waals surface area contributed by atoms with Gasteiger partial charge in [-0.1, -0.05) is 27.7 Å². The fraction of sp³-hybridized carbons (Fsp3) is 0.625. The fourth-order valence-corrected chi connectivity index (χ4v) is 2.69. The molecule has 0 saturated heterocycles. The van der Waals surface area contributed by atoms with Crippen LogP contribution in [-0.4, -0.2) is 19.3 Å². The predicted molar refractivity (Wildman–Crippen MR) is 87.2 cm³/mol. The summed E-state index contributed by atoms with van der Waals surface area (Å²) in [6, 6.07) is 0. The summed E-state index contributed by atoms with van der Waals surface area (Å²) in [4.78, 5) is 4.81. The Hall–Kier alpha value is -1.78. The molecular formula is C16H27N5. The largest absolute Gasteiger partial charge is 0.383 e. The molecule has 0 fully saturated rings. The topological polar surface area (TPSA) is 61.7 Å². The van der Waals surface area contributed by atoms with E-state index in [1.807, 2.05) is 17.9 Å². The van der Waals surface area contributed by atoms with Crippen molar-refractivity contribution in [2.75, 3.05) is 5.73 Å². The van der Waals surface area contributed by atoms with Gasteiger partial charge < -0.3 is 10.3 Å². The average molecular weight is 289 g/mol. The van der Waals surface area contributed by atoms with Crippen molar-refractivity contribution >= 4 is 5.82 Å². The Bertz CT molecular complexity index is 628. The normalized spacial score (nSPS) is 12.1. The molecule has 2 rings (SSSR count). The van der Waals surface area contributed by atoms with Crippen LogP contribution in [0.15, 0.2) is 6.20 Å². The van der Waals surface area contributed by atoms with Crippen molar-refractivity contribution in [2.45, 2.75) is 59.4 Å². The van der Waals surface area contributed by atoms with Gasteiger partial charge >= 0.3 is 0 Å². The van der Waals surface area contributed by atoms with E-state index in [1.165, 1.54) is 0 Å². The quantitative estimate of drug-likeness (QED) is 0.940. The first-order valence-electron chi connectivity index (χ1n) is 7.68. The van der Waals surface area contributed by atoms with Gasteiger partial charge in [0, 0.05) is 37.2 Å². The van der Waals surface area contributed by atoms with E-state index in [-0.39, 0.29) is 5.41 Å². The standard InChI is InChI=1S/C16H27N5/c1-7-9-12-18-13(15(17)21(12)8-2)11-10-20(6)19-14(11)16(3,4)5/h10H,7-9,17H2,1-6H3. The van der Waals surface area contributed by atoms with E-state index in [0.717, 1.165) is 48.0 Å². The van der Waals surface area contributed by atoms with E-state index in [4.69, 9.17) is 10.7 Å². The van der Waals surface area contributed by atoms with Crippen LogP contribution >= 0.6 is 0 Å². The van der Waals surface area contributed by atoms with Crippen LogP contribution in [0.25, 0.3) is 11.3 Å². The Morgan fingerprint density at radius 2 is 1.90 bits per heavy atom. The lowest BCUT2D eigenvalue weighted by Gasteiger charge is -2.17. The maximum absolute atomic E-state index is 6.36. The molecule has 2 aromatic rings. The molecule has 0 radical (unpaired) electrons. The highest BCUT2D eigenvalue weighted by atomic mass is 15.3. The van der Waals surface area contributed by atoms with Crippen LogP contribution in [0.2, 0.25) is 0 Å². The van der Waals surface area contributed by atoms with Crippen LogP contribution in [0.3, 0.4) is 0 Å². The summed E-state index contributed by atoms with van der Waals surface area (Å²) in [5.74, 6) is 1.82. The minimum Gasteiger partial charge on any atom is -0.383 e. The molecular weight excluding hydrogens is 262 g/mol. The molecule has 0 unspecified atom stereocenters. The van der Waals surface area contributed by atoms with Gasteiger partial charge in [-0.05, 0) is 13.3 Å². The van der Waals surface area contributed by atoms with Crippen molar-refractivity contribution < 1.29 is 0 Å². The third kappa shape index (κ3) is 2.82. The van der Waals surface area contributed by atoms with Gasteiger partial charge in [-0.3, -0.25) is 4.68 Å². The Morgan fingerprint density at radius 3 is 2.43 bits per heavy atom. The first-order valence-corrected chi connectivity index (χ1v) is 7.68. The van der Waals surface area contributed by atoms with Crippen molar-refractivity contribution in [3.8, 4) is 11.3 Å². The van der Waals surface area contributed by atoms with E-state index in [2.05, 4.69) is 44.3 Å². The summed E-state index contributed by atoms with van der Waals surface area (Å²) in [6.07, 6.45) is 4.03. The zero-order valence-corrected chi connectivity index (χ0v) is 14.1. The van der Waals surface area contributed by atoms with Crippen molar-refractivity contribution in [1.82, 2.24) is 19.3 Å². The number of nitrogen functional groups attached to an aromatic ring is 1. The number of nitrogens with two attached hydrogens (primary N) is 1. The van der Waals surface area contributed by atoms with Crippen LogP contribution < -0.4 is 5.73 Å². The lowest BCUT2D eigenvalue weighted by molar-refractivity contribution is 0.554. The van der Waals surface area contributed by atoms with Gasteiger partial charge in [-0.25, -0.2) is 4.98 Å². The van der Waals surface area contributed by atoms with E-state index in [9.17, 15) is 0 Å². The molecule has 0 bridgehead atoms. The van der Waals surface area contributed by atoms with Crippen molar-refractivity contribution in [3.63, 3.8) is 0 Å². The minimum absolute atomic E-state index is 0.0378. The highest BCUT2D eigenvalue weighted by Crippen LogP contribution is 2.34. The Labute approximate surface area is 127 Å². The lowest BCUT2D eigenvalue weighted by atomic mass is 9.89. The smallest absolute Gasteiger partial charge is 0.131 e. The second-order valence-corrected chi connectivity index (χ2v) is 6.57. The van der Waals surface area contributed by atoms with Gasteiger partial charge in [0.25, 0.3) is 0 Å². The van der Waals surface area contributed by atoms with E-state index >= 15 is 0 Å². The number of rotatable bonds is 4. The third-order valence-corrected chi connectivity index (χ3v) is 3.67. The van der Waals surface area contributed by atoms with Crippen molar-refractivity contribution in [2.24, 2.45) is 7.05 Å². The molecule has 0 atom stereocenters.